The summed E-state index contributed by atoms with van der Waals surface area (Å²) >= 11 is 0. The van der Waals surface area contributed by atoms with Crippen LogP contribution in [0.1, 0.15) is 65.2 Å². The molecule has 3 fully saturated rings. The van der Waals surface area contributed by atoms with Gasteiger partial charge in [0.1, 0.15) is 0 Å². The predicted octanol–water partition coefficient (Wildman–Crippen LogP) is 2.09. The standard InChI is InChI=1S/C22H40N4O2/c1-3-24-12-4-5-21(24)17-23-22(28)7-6-19-8-13-26(14-9-19)20-10-15-25(16-11-20)18(2)27/h19-21H,3-17H2,1-2H3,(H,23,28)/t21-/m1/s1. The lowest BCUT2D eigenvalue weighted by molar-refractivity contribution is -0.130. The average molecular weight is 393 g/mol. The number of piperidine rings is 2. The number of hydrogen-bond donors (Lipinski definition) is 1. The summed E-state index contributed by atoms with van der Waals surface area (Å²) in [7, 11) is 0. The van der Waals surface area contributed by atoms with Gasteiger partial charge in [0.15, 0.2) is 0 Å². The second kappa shape index (κ2) is 10.6. The van der Waals surface area contributed by atoms with Gasteiger partial charge in [0, 0.05) is 45.1 Å². The zero-order chi connectivity index (χ0) is 19.9. The van der Waals surface area contributed by atoms with Crippen LogP contribution in [-0.2, 0) is 9.59 Å². The lowest BCUT2D eigenvalue weighted by atomic mass is 9.90. The van der Waals surface area contributed by atoms with E-state index in [-0.39, 0.29) is 11.8 Å². The summed E-state index contributed by atoms with van der Waals surface area (Å²) in [6, 6.07) is 1.19. The van der Waals surface area contributed by atoms with Crippen LogP contribution < -0.4 is 5.32 Å². The maximum atomic E-state index is 12.3. The van der Waals surface area contributed by atoms with E-state index >= 15 is 0 Å². The van der Waals surface area contributed by atoms with Gasteiger partial charge in [-0.2, -0.15) is 0 Å². The number of likely N-dealkylation sites (N-methyl/N-ethyl adjacent to an activating group) is 1. The van der Waals surface area contributed by atoms with Crippen LogP contribution in [0.3, 0.4) is 0 Å². The van der Waals surface area contributed by atoms with E-state index in [2.05, 4.69) is 22.0 Å². The van der Waals surface area contributed by atoms with E-state index in [0.717, 1.165) is 58.5 Å². The molecular weight excluding hydrogens is 352 g/mol. The number of carbonyl (C=O) groups is 2. The molecule has 0 spiro atoms. The molecular formula is C22H40N4O2. The van der Waals surface area contributed by atoms with Gasteiger partial charge in [0.2, 0.25) is 11.8 Å². The van der Waals surface area contributed by atoms with Crippen LogP contribution >= 0.6 is 0 Å². The van der Waals surface area contributed by atoms with Crippen molar-refractivity contribution in [1.82, 2.24) is 20.0 Å². The molecule has 3 aliphatic heterocycles. The van der Waals surface area contributed by atoms with Crippen molar-refractivity contribution in [2.24, 2.45) is 5.92 Å². The van der Waals surface area contributed by atoms with Gasteiger partial charge in [-0.15, -0.1) is 0 Å². The summed E-state index contributed by atoms with van der Waals surface area (Å²) in [5.41, 5.74) is 0. The molecule has 6 heteroatoms. The lowest BCUT2D eigenvalue weighted by Crippen LogP contribution is -2.48. The summed E-state index contributed by atoms with van der Waals surface area (Å²) in [5.74, 6) is 1.14. The average Bonchev–Trinajstić information content (AvgIpc) is 3.19. The fourth-order valence-corrected chi connectivity index (χ4v) is 5.35. The molecule has 0 saturated carbocycles. The fourth-order valence-electron chi connectivity index (χ4n) is 5.35. The van der Waals surface area contributed by atoms with Crippen molar-refractivity contribution in [3.8, 4) is 0 Å². The van der Waals surface area contributed by atoms with Crippen LogP contribution in [0.4, 0.5) is 0 Å². The minimum Gasteiger partial charge on any atom is -0.355 e. The smallest absolute Gasteiger partial charge is 0.220 e. The van der Waals surface area contributed by atoms with E-state index in [9.17, 15) is 9.59 Å². The van der Waals surface area contributed by atoms with Crippen molar-refractivity contribution in [2.45, 2.75) is 77.3 Å². The molecule has 0 aromatic heterocycles. The molecule has 6 nitrogen and oxygen atoms in total. The van der Waals surface area contributed by atoms with E-state index in [1.807, 2.05) is 4.90 Å². The van der Waals surface area contributed by atoms with Gasteiger partial charge in [-0.05, 0) is 77.0 Å². The second-order valence-electron chi connectivity index (χ2n) is 8.98. The van der Waals surface area contributed by atoms with E-state index in [1.165, 1.54) is 32.2 Å². The Kier molecular flexibility index (Phi) is 8.15. The second-order valence-corrected chi connectivity index (χ2v) is 8.98. The fraction of sp³-hybridized carbons (Fsp3) is 0.909. The Bertz CT molecular complexity index is 511. The van der Waals surface area contributed by atoms with Crippen LogP contribution in [0, 0.1) is 5.92 Å². The maximum absolute atomic E-state index is 12.3. The van der Waals surface area contributed by atoms with Gasteiger partial charge in [-0.1, -0.05) is 6.92 Å². The van der Waals surface area contributed by atoms with Crippen molar-refractivity contribution in [3.63, 3.8) is 0 Å². The molecule has 3 rings (SSSR count). The summed E-state index contributed by atoms with van der Waals surface area (Å²) in [5, 5.41) is 3.18. The van der Waals surface area contributed by atoms with Crippen molar-refractivity contribution in [1.29, 1.82) is 0 Å². The molecule has 28 heavy (non-hydrogen) atoms. The quantitative estimate of drug-likeness (QED) is 0.721. The van der Waals surface area contributed by atoms with E-state index in [0.29, 0.717) is 24.4 Å². The number of rotatable bonds is 7. The van der Waals surface area contributed by atoms with Crippen LogP contribution in [0.5, 0.6) is 0 Å². The third-order valence-corrected chi connectivity index (χ3v) is 7.30. The van der Waals surface area contributed by atoms with Gasteiger partial charge in [0.05, 0.1) is 0 Å². The third-order valence-electron chi connectivity index (χ3n) is 7.30. The summed E-state index contributed by atoms with van der Waals surface area (Å²) < 4.78 is 0. The monoisotopic (exact) mass is 392 g/mol. The number of amides is 2. The van der Waals surface area contributed by atoms with Crippen molar-refractivity contribution in [3.05, 3.63) is 0 Å². The number of nitrogens with one attached hydrogen (secondary N) is 1. The highest BCUT2D eigenvalue weighted by Gasteiger charge is 2.29. The first-order chi connectivity index (χ1) is 13.6. The molecule has 0 unspecified atom stereocenters. The topological polar surface area (TPSA) is 55.9 Å². The molecule has 0 aromatic carbocycles. The molecule has 3 saturated heterocycles. The lowest BCUT2D eigenvalue weighted by Gasteiger charge is -2.41. The molecule has 1 atom stereocenters. The Morgan fingerprint density at radius 3 is 2.32 bits per heavy atom. The largest absolute Gasteiger partial charge is 0.355 e. The Morgan fingerprint density at radius 1 is 0.964 bits per heavy atom. The number of nitrogens with zero attached hydrogens (tertiary/aromatic N) is 3. The van der Waals surface area contributed by atoms with Crippen LogP contribution in [0.2, 0.25) is 0 Å². The molecule has 1 N–H and O–H groups in total. The van der Waals surface area contributed by atoms with Gasteiger partial charge >= 0.3 is 0 Å². The first-order valence-corrected chi connectivity index (χ1v) is 11.6. The molecule has 0 aromatic rings. The normalized spacial score (nSPS) is 25.9. The SMILES string of the molecule is CCN1CCC[C@@H]1CNC(=O)CCC1CCN(C2CCN(C(C)=O)CC2)CC1. The molecule has 3 aliphatic rings. The minimum absolute atomic E-state index is 0.214. The first kappa shape index (κ1) is 21.6. The maximum Gasteiger partial charge on any atom is 0.220 e. The van der Waals surface area contributed by atoms with Gasteiger partial charge < -0.3 is 15.1 Å². The molecule has 0 aliphatic carbocycles. The molecule has 3 heterocycles. The Morgan fingerprint density at radius 2 is 1.68 bits per heavy atom. The third kappa shape index (κ3) is 5.93. The number of likely N-dealkylation sites (tertiary alicyclic amines) is 3. The van der Waals surface area contributed by atoms with Crippen molar-refractivity contribution >= 4 is 11.8 Å². The van der Waals surface area contributed by atoms with Gasteiger partial charge in [0.25, 0.3) is 0 Å². The summed E-state index contributed by atoms with van der Waals surface area (Å²) in [4.78, 5) is 30.8. The number of hydrogen-bond acceptors (Lipinski definition) is 4. The first-order valence-electron chi connectivity index (χ1n) is 11.6. The van der Waals surface area contributed by atoms with Crippen LogP contribution in [-0.4, -0.2) is 84.4 Å². The highest BCUT2D eigenvalue weighted by atomic mass is 16.2. The molecule has 2 amide bonds. The zero-order valence-corrected chi connectivity index (χ0v) is 18.0. The van der Waals surface area contributed by atoms with Gasteiger partial charge in [-0.3, -0.25) is 14.5 Å². The summed E-state index contributed by atoms with van der Waals surface area (Å²) in [6.07, 6.45) is 8.86. The molecule has 160 valence electrons. The highest BCUT2D eigenvalue weighted by Crippen LogP contribution is 2.26. The van der Waals surface area contributed by atoms with Crippen molar-refractivity contribution < 1.29 is 9.59 Å². The Balaban J connectivity index is 1.28. The predicted molar refractivity (Wildman–Crippen MR) is 112 cm³/mol. The summed E-state index contributed by atoms with van der Waals surface area (Å²) in [6.45, 7) is 11.1. The van der Waals surface area contributed by atoms with Crippen molar-refractivity contribution in [2.75, 3.05) is 45.8 Å². The van der Waals surface area contributed by atoms with Crippen LogP contribution in [0.25, 0.3) is 0 Å². The Hall–Kier alpha value is -1.14. The number of carbonyl (C=O) groups excluding carboxylic acids is 2. The highest BCUT2D eigenvalue weighted by molar-refractivity contribution is 5.75. The van der Waals surface area contributed by atoms with Crippen LogP contribution in [0.15, 0.2) is 0 Å². The van der Waals surface area contributed by atoms with E-state index in [1.54, 1.807) is 6.92 Å². The molecule has 0 bridgehead atoms. The Labute approximate surface area is 171 Å². The molecule has 0 radical (unpaired) electrons. The minimum atomic E-state index is 0.214. The van der Waals surface area contributed by atoms with E-state index < -0.39 is 0 Å². The van der Waals surface area contributed by atoms with Gasteiger partial charge in [-0.25, -0.2) is 0 Å². The van der Waals surface area contributed by atoms with E-state index in [4.69, 9.17) is 0 Å². The zero-order valence-electron chi connectivity index (χ0n) is 18.0.